The van der Waals surface area contributed by atoms with Gasteiger partial charge in [0, 0.05) is 36.6 Å². The molecule has 4 heteroatoms. The van der Waals surface area contributed by atoms with Crippen LogP contribution in [0.4, 0.5) is 0 Å². The molecule has 55 heavy (non-hydrogen) atoms. The molecule has 4 atom stereocenters. The number of hydrogen-bond donors (Lipinski definition) is 0. The second-order valence-corrected chi connectivity index (χ2v) is 18.0. The Bertz CT molecular complexity index is 1960. The van der Waals surface area contributed by atoms with Crippen LogP contribution in [0, 0.1) is 37.5 Å². The van der Waals surface area contributed by atoms with Gasteiger partial charge in [-0.15, -0.1) is 12.8 Å². The van der Waals surface area contributed by atoms with Gasteiger partial charge in [0.15, 0.2) is 0 Å². The van der Waals surface area contributed by atoms with Crippen LogP contribution in [0.2, 0.25) is 0 Å². The van der Waals surface area contributed by atoms with E-state index >= 15 is 0 Å². The summed E-state index contributed by atoms with van der Waals surface area (Å²) in [5.41, 5.74) is 8.62. The molecule has 4 aliphatic rings. The van der Waals surface area contributed by atoms with Crippen LogP contribution in [0.25, 0.3) is 0 Å². The summed E-state index contributed by atoms with van der Waals surface area (Å²) in [6.45, 7) is 5.01. The smallest absolute Gasteiger partial charge is 0.216 e. The van der Waals surface area contributed by atoms with Crippen LogP contribution in [0.15, 0.2) is 132 Å². The largest absolute Gasteiger partial charge is 0.475 e. The minimum Gasteiger partial charge on any atom is -0.475 e. The molecule has 1 spiro atoms. The molecule has 1 heterocycles. The number of nitrogens with zero attached hydrogens (tertiary/aromatic N) is 1. The van der Waals surface area contributed by atoms with E-state index in [0.29, 0.717) is 6.61 Å². The van der Waals surface area contributed by atoms with Crippen molar-refractivity contribution in [2.75, 3.05) is 6.61 Å². The van der Waals surface area contributed by atoms with E-state index in [0.717, 1.165) is 49.8 Å². The molecule has 0 bridgehead atoms. The maximum absolute atomic E-state index is 6.41. The van der Waals surface area contributed by atoms with Gasteiger partial charge < -0.3 is 30.4 Å². The first-order valence-corrected chi connectivity index (χ1v) is 21.9. The summed E-state index contributed by atoms with van der Waals surface area (Å²) in [6, 6.07) is 47.3. The van der Waals surface area contributed by atoms with Gasteiger partial charge in [-0.3, -0.25) is 11.8 Å². The van der Waals surface area contributed by atoms with E-state index in [1.54, 1.807) is 10.9 Å². The number of ether oxygens (including phenoxy) is 1. The van der Waals surface area contributed by atoms with Crippen LogP contribution >= 0.6 is 7.92 Å². The topological polar surface area (TPSA) is 21.6 Å². The predicted octanol–water partition coefficient (Wildman–Crippen LogP) is 10.4. The normalized spacial score (nSPS) is 22.7. The third-order valence-electron chi connectivity index (χ3n) is 12.3. The van der Waals surface area contributed by atoms with Gasteiger partial charge in [-0.05, 0) is 90.8 Å². The first kappa shape index (κ1) is 39.9. The fourth-order valence-electron chi connectivity index (χ4n) is 9.67. The molecule has 2 nitrogen and oxygen atoms in total. The van der Waals surface area contributed by atoms with E-state index in [1.165, 1.54) is 64.1 Å². The first-order chi connectivity index (χ1) is 26.7. The van der Waals surface area contributed by atoms with Crippen molar-refractivity contribution >= 4 is 29.7 Å². The van der Waals surface area contributed by atoms with Crippen LogP contribution in [0.5, 0.6) is 0 Å². The zero-order valence-electron chi connectivity index (χ0n) is 32.4. The van der Waals surface area contributed by atoms with Crippen molar-refractivity contribution in [3.8, 4) is 0 Å². The molecule has 0 amide bonds. The van der Waals surface area contributed by atoms with E-state index in [2.05, 4.69) is 167 Å². The number of hydrogen-bond acceptors (Lipinski definition) is 2. The molecule has 3 aliphatic carbocycles. The Balaban J connectivity index is 0.000000309. The molecule has 2 unspecified atom stereocenters. The number of benzene rings is 5. The summed E-state index contributed by atoms with van der Waals surface area (Å²) in [5.74, 6) is 2.37. The standard InChI is InChI=1S/C39H34NOP.C12H20.Ir/c1-4-12-28(13-5-1)26-31-27-41-38(40-31)34-20-10-14-29-22-24-39(36(29)34)25-23-30-15-11-21-35(37(30)39)42(32-16-6-2-7-17-32)33-18-8-3-9-19-33;1-3-11-7-5-6-8-12(4-2)10-9-11;/h1-21,31H,22-27H2;3-4,7-8,11-12H,5-6,9-10H2,1-2H3;/q;-4;/p+1/t31-,39+;;/m0../s1. The minimum atomic E-state index is -1.20. The molecule has 5 aromatic rings. The Morgan fingerprint density at radius 2 is 1.22 bits per heavy atom. The van der Waals surface area contributed by atoms with Crippen molar-refractivity contribution < 1.29 is 24.8 Å². The molecule has 0 N–H and O–H groups in total. The number of aryl methyl sites for hydroxylation is 2. The first-order valence-electron chi connectivity index (χ1n) is 20.4. The molecule has 287 valence electrons. The molecular weight excluding hydrogens is 866 g/mol. The monoisotopic (exact) mass is 921 g/mol. The predicted molar refractivity (Wildman–Crippen MR) is 231 cm³/mol. The molecule has 1 radical (unpaired) electrons. The fourth-order valence-corrected chi connectivity index (χ4v) is 12.6. The summed E-state index contributed by atoms with van der Waals surface area (Å²) < 4.78 is 6.41. The van der Waals surface area contributed by atoms with Crippen LogP contribution < -0.4 is 15.9 Å². The third kappa shape index (κ3) is 8.66. The quantitative estimate of drug-likeness (QED) is 0.112. The molecule has 1 aliphatic heterocycles. The molecule has 9 rings (SSSR count). The molecule has 0 aromatic heterocycles. The van der Waals surface area contributed by atoms with Crippen molar-refractivity contribution in [2.45, 2.75) is 83.1 Å². The number of rotatable bonds is 8. The van der Waals surface area contributed by atoms with Crippen molar-refractivity contribution in [1.29, 1.82) is 0 Å². The van der Waals surface area contributed by atoms with Gasteiger partial charge in [-0.25, -0.2) is 17.8 Å². The maximum atomic E-state index is 6.41. The van der Waals surface area contributed by atoms with E-state index < -0.39 is 7.92 Å². The van der Waals surface area contributed by atoms with E-state index in [1.807, 2.05) is 0 Å². The van der Waals surface area contributed by atoms with Gasteiger partial charge in [-0.1, -0.05) is 91.0 Å². The average molecular weight is 921 g/mol. The molecule has 1 saturated carbocycles. The number of fused-ring (bicyclic) bond motifs is 4. The van der Waals surface area contributed by atoms with Crippen molar-refractivity contribution in [3.05, 3.63) is 186 Å². The van der Waals surface area contributed by atoms with Gasteiger partial charge in [0.05, 0.1) is 14.0 Å². The number of aliphatic imine (C=N–C) groups is 1. The third-order valence-corrected chi connectivity index (χ3v) is 15.1. The molecule has 0 saturated heterocycles. The second-order valence-electron chi connectivity index (χ2n) is 15.6. The Morgan fingerprint density at radius 3 is 1.80 bits per heavy atom. The Hall–Kier alpha value is -3.35. The zero-order valence-corrected chi connectivity index (χ0v) is 35.8. The van der Waals surface area contributed by atoms with E-state index in [9.17, 15) is 0 Å². The summed E-state index contributed by atoms with van der Waals surface area (Å²) in [5, 5.41) is 4.44. The summed E-state index contributed by atoms with van der Waals surface area (Å²) in [6.07, 6.45) is 20.2. The van der Waals surface area contributed by atoms with Crippen LogP contribution in [-0.4, -0.2) is 18.5 Å². The van der Waals surface area contributed by atoms with Gasteiger partial charge >= 0.3 is 0 Å². The van der Waals surface area contributed by atoms with Crippen LogP contribution in [0.1, 0.15) is 85.8 Å². The Kier molecular flexibility index (Phi) is 13.6. The van der Waals surface area contributed by atoms with E-state index in [-0.39, 0.29) is 31.6 Å². The molecule has 5 aromatic carbocycles. The zero-order chi connectivity index (χ0) is 36.7. The SMILES string of the molecule is C[CH-]C1[CH-]CC[CH-]C([CH-]C)CC1.[Ir].c1ccc(C[C@H]2COC(c3cccc4c3[C@@]3(CC4)CCc4cccc([PH+](c5ccccc5)c5ccccc5)c43)=N2)cc1. The van der Waals surface area contributed by atoms with Gasteiger partial charge in [0.1, 0.15) is 22.5 Å². The summed E-state index contributed by atoms with van der Waals surface area (Å²) in [7, 11) is -1.20. The van der Waals surface area contributed by atoms with Gasteiger partial charge in [-0.2, -0.15) is 13.8 Å². The molecular formula is C51H55IrNOP-3. The summed E-state index contributed by atoms with van der Waals surface area (Å²) >= 11 is 0. The second kappa shape index (κ2) is 18.7. The van der Waals surface area contributed by atoms with Crippen LogP contribution in [-0.2, 0) is 49.5 Å². The average Bonchev–Trinajstić information content (AvgIpc) is 3.95. The van der Waals surface area contributed by atoms with Gasteiger partial charge in [0.2, 0.25) is 5.90 Å². The van der Waals surface area contributed by atoms with Crippen molar-refractivity contribution in [2.24, 2.45) is 16.8 Å². The van der Waals surface area contributed by atoms with E-state index in [4.69, 9.17) is 9.73 Å². The van der Waals surface area contributed by atoms with Gasteiger partial charge in [0.25, 0.3) is 0 Å². The molecule has 1 fully saturated rings. The minimum absolute atomic E-state index is 0. The Morgan fingerprint density at radius 1 is 0.673 bits per heavy atom. The Labute approximate surface area is 345 Å². The van der Waals surface area contributed by atoms with Crippen molar-refractivity contribution in [1.82, 2.24) is 0 Å². The maximum Gasteiger partial charge on any atom is 0.216 e. The van der Waals surface area contributed by atoms with Crippen molar-refractivity contribution in [3.63, 3.8) is 0 Å². The van der Waals surface area contributed by atoms with Crippen LogP contribution in [0.3, 0.4) is 0 Å². The summed E-state index contributed by atoms with van der Waals surface area (Å²) in [4.78, 5) is 5.20. The fraction of sp³-hybridized carbons (Fsp3) is 0.314.